The monoisotopic (exact) mass is 293 g/mol. The van der Waals surface area contributed by atoms with Crippen molar-refractivity contribution in [1.29, 1.82) is 0 Å². The van der Waals surface area contributed by atoms with E-state index in [9.17, 15) is 13.2 Å². The van der Waals surface area contributed by atoms with Crippen LogP contribution in [-0.2, 0) is 20.4 Å². The van der Waals surface area contributed by atoms with Gasteiger partial charge in [-0.05, 0) is 12.0 Å². The summed E-state index contributed by atoms with van der Waals surface area (Å²) in [4.78, 5) is 10.5. The van der Waals surface area contributed by atoms with Crippen LogP contribution in [0.15, 0.2) is 30.3 Å². The van der Waals surface area contributed by atoms with Crippen LogP contribution in [-0.4, -0.2) is 31.3 Å². The lowest BCUT2D eigenvalue weighted by atomic mass is 10.2. The molecular formula is C11H16ClNO4S. The van der Waals surface area contributed by atoms with Gasteiger partial charge in [0.05, 0.1) is 11.5 Å². The Labute approximate surface area is 112 Å². The molecule has 1 aromatic rings. The van der Waals surface area contributed by atoms with Gasteiger partial charge in [-0.25, -0.2) is 8.42 Å². The van der Waals surface area contributed by atoms with Crippen molar-refractivity contribution < 1.29 is 18.3 Å². The third kappa shape index (κ3) is 6.00. The van der Waals surface area contributed by atoms with E-state index in [-0.39, 0.29) is 30.3 Å². The van der Waals surface area contributed by atoms with Crippen LogP contribution >= 0.6 is 12.4 Å². The lowest BCUT2D eigenvalue weighted by molar-refractivity contribution is -0.138. The smallest absolute Gasteiger partial charge is 0.320 e. The van der Waals surface area contributed by atoms with Crippen LogP contribution in [0.5, 0.6) is 0 Å². The first-order valence-corrected chi connectivity index (χ1v) is 6.95. The Kier molecular flexibility index (Phi) is 6.90. The molecule has 0 fully saturated rings. The zero-order valence-corrected chi connectivity index (χ0v) is 11.3. The fraction of sp³-hybridized carbons (Fsp3) is 0.364. The van der Waals surface area contributed by atoms with Crippen LogP contribution in [0.4, 0.5) is 0 Å². The maximum absolute atomic E-state index is 11.7. The Hall–Kier alpha value is -1.11. The van der Waals surface area contributed by atoms with E-state index in [1.807, 2.05) is 0 Å². The minimum atomic E-state index is -3.31. The van der Waals surface area contributed by atoms with Crippen LogP contribution < -0.4 is 5.73 Å². The van der Waals surface area contributed by atoms with Gasteiger partial charge in [-0.15, -0.1) is 12.4 Å². The predicted octanol–water partition coefficient (Wildman–Crippen LogP) is 0.825. The number of carboxylic acid groups (broad SMARTS) is 1. The van der Waals surface area contributed by atoms with E-state index in [2.05, 4.69) is 0 Å². The number of benzene rings is 1. The SMILES string of the molecule is Cl.N[C@@H](CCS(=O)(=O)Cc1ccccc1)C(=O)O. The van der Waals surface area contributed by atoms with E-state index < -0.39 is 21.8 Å². The van der Waals surface area contributed by atoms with Crippen molar-refractivity contribution >= 4 is 28.2 Å². The molecule has 1 aromatic carbocycles. The summed E-state index contributed by atoms with van der Waals surface area (Å²) in [6.07, 6.45) is -0.0650. The third-order valence-corrected chi connectivity index (χ3v) is 3.92. The van der Waals surface area contributed by atoms with Crippen molar-refractivity contribution in [2.45, 2.75) is 18.2 Å². The lowest BCUT2D eigenvalue weighted by Crippen LogP contribution is -2.32. The molecule has 7 heteroatoms. The molecule has 0 aliphatic heterocycles. The topological polar surface area (TPSA) is 97.5 Å². The van der Waals surface area contributed by atoms with Crippen LogP contribution in [0.2, 0.25) is 0 Å². The van der Waals surface area contributed by atoms with E-state index in [1.54, 1.807) is 30.3 Å². The minimum absolute atomic E-state index is 0. The molecule has 0 aliphatic carbocycles. The van der Waals surface area contributed by atoms with E-state index in [0.717, 1.165) is 0 Å². The summed E-state index contributed by atoms with van der Waals surface area (Å²) in [5, 5.41) is 8.55. The van der Waals surface area contributed by atoms with E-state index >= 15 is 0 Å². The van der Waals surface area contributed by atoms with Gasteiger partial charge >= 0.3 is 5.97 Å². The van der Waals surface area contributed by atoms with Crippen molar-refractivity contribution in [2.75, 3.05) is 5.75 Å². The number of hydrogen-bond acceptors (Lipinski definition) is 4. The van der Waals surface area contributed by atoms with Gasteiger partial charge in [0, 0.05) is 0 Å². The fourth-order valence-electron chi connectivity index (χ4n) is 1.33. The van der Waals surface area contributed by atoms with Gasteiger partial charge in [0.25, 0.3) is 0 Å². The lowest BCUT2D eigenvalue weighted by Gasteiger charge is -2.07. The van der Waals surface area contributed by atoms with Gasteiger partial charge in [0.2, 0.25) is 0 Å². The molecule has 1 atom stereocenters. The molecule has 102 valence electrons. The number of rotatable bonds is 6. The van der Waals surface area contributed by atoms with E-state index in [0.29, 0.717) is 5.56 Å². The molecule has 0 aliphatic rings. The van der Waals surface area contributed by atoms with Gasteiger partial charge < -0.3 is 10.8 Å². The Morgan fingerprint density at radius 1 is 1.28 bits per heavy atom. The summed E-state index contributed by atoms with van der Waals surface area (Å²) in [5.74, 6) is -1.48. The first-order valence-electron chi connectivity index (χ1n) is 5.13. The maximum Gasteiger partial charge on any atom is 0.320 e. The summed E-state index contributed by atoms with van der Waals surface area (Å²) in [6, 6.07) is 7.63. The third-order valence-electron chi connectivity index (χ3n) is 2.29. The van der Waals surface area contributed by atoms with Gasteiger partial charge in [-0.1, -0.05) is 30.3 Å². The largest absolute Gasteiger partial charge is 0.480 e. The summed E-state index contributed by atoms with van der Waals surface area (Å²) in [5.41, 5.74) is 5.94. The quantitative estimate of drug-likeness (QED) is 0.809. The number of halogens is 1. The van der Waals surface area contributed by atoms with Gasteiger partial charge in [-0.3, -0.25) is 4.79 Å². The second kappa shape index (κ2) is 7.35. The maximum atomic E-state index is 11.7. The zero-order valence-electron chi connectivity index (χ0n) is 9.65. The Morgan fingerprint density at radius 3 is 2.33 bits per heavy atom. The number of carbonyl (C=O) groups is 1. The minimum Gasteiger partial charge on any atom is -0.480 e. The molecule has 0 aromatic heterocycles. The van der Waals surface area contributed by atoms with Crippen LogP contribution in [0.25, 0.3) is 0 Å². The molecule has 5 nitrogen and oxygen atoms in total. The molecule has 3 N–H and O–H groups in total. The highest BCUT2D eigenvalue weighted by molar-refractivity contribution is 7.90. The highest BCUT2D eigenvalue weighted by Crippen LogP contribution is 2.07. The molecule has 0 bridgehead atoms. The van der Waals surface area contributed by atoms with Crippen LogP contribution in [0.1, 0.15) is 12.0 Å². The summed E-state index contributed by atoms with van der Waals surface area (Å²) in [6.45, 7) is 0. The van der Waals surface area contributed by atoms with Crippen LogP contribution in [0.3, 0.4) is 0 Å². The van der Waals surface area contributed by atoms with Crippen molar-refractivity contribution in [3.63, 3.8) is 0 Å². The standard InChI is InChI=1S/C11H15NO4S.ClH/c12-10(11(13)14)6-7-17(15,16)8-9-4-2-1-3-5-9;/h1-5,10H,6-8,12H2,(H,13,14);1H/t10-;/m0./s1. The van der Waals surface area contributed by atoms with Crippen molar-refractivity contribution in [2.24, 2.45) is 5.73 Å². The van der Waals surface area contributed by atoms with E-state index in [1.165, 1.54) is 0 Å². The first-order chi connectivity index (χ1) is 7.91. The molecule has 0 unspecified atom stereocenters. The fourth-order valence-corrected chi connectivity index (χ4v) is 2.79. The Balaban J connectivity index is 0.00000289. The number of aliphatic carboxylic acids is 1. The first kappa shape index (κ1) is 16.9. The molecule has 1 rings (SSSR count). The number of sulfone groups is 1. The molecule has 0 saturated heterocycles. The number of nitrogens with two attached hydrogens (primary N) is 1. The highest BCUT2D eigenvalue weighted by atomic mass is 35.5. The highest BCUT2D eigenvalue weighted by Gasteiger charge is 2.17. The molecule has 0 radical (unpaired) electrons. The average molecular weight is 294 g/mol. The average Bonchev–Trinajstić information content (AvgIpc) is 2.26. The van der Waals surface area contributed by atoms with Crippen LogP contribution in [0, 0.1) is 0 Å². The number of carboxylic acids is 1. The summed E-state index contributed by atoms with van der Waals surface area (Å²) in [7, 11) is -3.31. The molecule has 0 saturated carbocycles. The second-order valence-corrected chi connectivity index (χ2v) is 6.00. The normalized spacial score (nSPS) is 12.5. The van der Waals surface area contributed by atoms with Crippen molar-refractivity contribution in [3.05, 3.63) is 35.9 Å². The molecule has 0 heterocycles. The van der Waals surface area contributed by atoms with Gasteiger partial charge in [-0.2, -0.15) is 0 Å². The molecular weight excluding hydrogens is 278 g/mol. The Bertz CT molecular complexity index is 475. The Morgan fingerprint density at radius 2 is 1.83 bits per heavy atom. The molecule has 0 spiro atoms. The van der Waals surface area contributed by atoms with Crippen molar-refractivity contribution in [1.82, 2.24) is 0 Å². The summed E-state index contributed by atoms with van der Waals surface area (Å²) >= 11 is 0. The number of hydrogen-bond donors (Lipinski definition) is 2. The molecule has 18 heavy (non-hydrogen) atoms. The van der Waals surface area contributed by atoms with E-state index in [4.69, 9.17) is 10.8 Å². The molecule has 0 amide bonds. The summed E-state index contributed by atoms with van der Waals surface area (Å²) < 4.78 is 23.4. The van der Waals surface area contributed by atoms with Crippen molar-refractivity contribution in [3.8, 4) is 0 Å². The van der Waals surface area contributed by atoms with Gasteiger partial charge in [0.1, 0.15) is 6.04 Å². The second-order valence-electron chi connectivity index (χ2n) is 3.81. The zero-order chi connectivity index (χ0) is 12.9. The predicted molar refractivity (Wildman–Crippen MR) is 71.4 cm³/mol. The van der Waals surface area contributed by atoms with Gasteiger partial charge in [0.15, 0.2) is 9.84 Å².